The van der Waals surface area contributed by atoms with Gasteiger partial charge in [-0.3, -0.25) is 14.3 Å². The average Bonchev–Trinajstić information content (AvgIpc) is 2.81. The molecule has 0 saturated heterocycles. The highest BCUT2D eigenvalue weighted by molar-refractivity contribution is 5.99. The van der Waals surface area contributed by atoms with E-state index in [-0.39, 0.29) is 11.8 Å². The van der Waals surface area contributed by atoms with Gasteiger partial charge in [-0.05, 0) is 26.3 Å². The molecule has 1 unspecified atom stereocenters. The zero-order valence-electron chi connectivity index (χ0n) is 14.8. The Hall–Kier alpha value is -2.63. The van der Waals surface area contributed by atoms with Gasteiger partial charge < -0.3 is 10.2 Å². The molecule has 24 heavy (non-hydrogen) atoms. The molecule has 0 spiro atoms. The first-order chi connectivity index (χ1) is 11.3. The fraction of sp³-hybridized carbons (Fsp3) is 0.389. The highest BCUT2D eigenvalue weighted by Gasteiger charge is 2.23. The number of rotatable bonds is 5. The lowest BCUT2D eigenvalue weighted by Crippen LogP contribution is -2.44. The number of aromatic nitrogens is 2. The van der Waals surface area contributed by atoms with E-state index >= 15 is 0 Å². The van der Waals surface area contributed by atoms with E-state index in [2.05, 4.69) is 10.4 Å². The lowest BCUT2D eigenvalue weighted by molar-refractivity contribution is -0.130. The fourth-order valence-electron chi connectivity index (χ4n) is 2.65. The second-order valence-corrected chi connectivity index (χ2v) is 6.12. The molecular formula is C18H24N4O2. The predicted octanol–water partition coefficient (Wildman–Crippen LogP) is 1.75. The Bertz CT molecular complexity index is 735. The van der Waals surface area contributed by atoms with Crippen molar-refractivity contribution in [1.29, 1.82) is 0 Å². The van der Waals surface area contributed by atoms with E-state index in [0.717, 1.165) is 11.3 Å². The van der Waals surface area contributed by atoms with Gasteiger partial charge in [-0.25, -0.2) is 0 Å². The van der Waals surface area contributed by atoms with Crippen molar-refractivity contribution in [3.8, 4) is 0 Å². The number of carbonyl (C=O) groups is 2. The Kier molecular flexibility index (Phi) is 5.39. The number of amides is 2. The predicted molar refractivity (Wildman–Crippen MR) is 92.9 cm³/mol. The summed E-state index contributed by atoms with van der Waals surface area (Å²) in [7, 11) is 3.33. The molecule has 2 rings (SSSR count). The molecule has 2 aromatic rings. The molecule has 1 aromatic heterocycles. The lowest BCUT2D eigenvalue weighted by atomic mass is 10.1. The maximum Gasteiger partial charge on any atom is 0.255 e. The smallest absolute Gasteiger partial charge is 0.255 e. The third-order valence-corrected chi connectivity index (χ3v) is 3.94. The van der Waals surface area contributed by atoms with Crippen LogP contribution in [0.4, 0.5) is 0 Å². The zero-order valence-corrected chi connectivity index (χ0v) is 14.8. The van der Waals surface area contributed by atoms with Crippen molar-refractivity contribution < 1.29 is 9.59 Å². The zero-order chi connectivity index (χ0) is 17.9. The molecule has 0 radical (unpaired) electrons. The van der Waals surface area contributed by atoms with Gasteiger partial charge in [0.15, 0.2) is 0 Å². The van der Waals surface area contributed by atoms with E-state index in [1.807, 2.05) is 48.9 Å². The van der Waals surface area contributed by atoms with E-state index < -0.39 is 6.04 Å². The van der Waals surface area contributed by atoms with Crippen LogP contribution in [-0.4, -0.2) is 46.6 Å². The largest absolute Gasteiger partial charge is 0.347 e. The minimum atomic E-state index is -0.580. The van der Waals surface area contributed by atoms with Crippen molar-refractivity contribution in [1.82, 2.24) is 20.0 Å². The van der Waals surface area contributed by atoms with Crippen molar-refractivity contribution in [2.75, 3.05) is 14.1 Å². The summed E-state index contributed by atoms with van der Waals surface area (Å²) in [4.78, 5) is 25.9. The van der Waals surface area contributed by atoms with Crippen LogP contribution in [0.15, 0.2) is 30.3 Å². The van der Waals surface area contributed by atoms with Crippen LogP contribution in [0.5, 0.6) is 0 Å². The van der Waals surface area contributed by atoms with Gasteiger partial charge in [0, 0.05) is 19.8 Å². The standard InChI is InChI=1S/C18H24N4O2/c1-12-16(17(23)19-13(2)18(24)21(4)5)14(3)22(20-12)11-15-9-7-6-8-10-15/h6-10,13H,11H2,1-5H3,(H,19,23). The van der Waals surface area contributed by atoms with Crippen LogP contribution in [0.3, 0.4) is 0 Å². The van der Waals surface area contributed by atoms with Gasteiger partial charge in [0.1, 0.15) is 6.04 Å². The molecule has 128 valence electrons. The van der Waals surface area contributed by atoms with Crippen molar-refractivity contribution in [2.45, 2.75) is 33.4 Å². The molecule has 1 N–H and O–H groups in total. The summed E-state index contributed by atoms with van der Waals surface area (Å²) in [5.74, 6) is -0.414. The van der Waals surface area contributed by atoms with Crippen molar-refractivity contribution in [3.05, 3.63) is 52.8 Å². The summed E-state index contributed by atoms with van der Waals surface area (Å²) in [6, 6.07) is 9.38. The number of benzene rings is 1. The lowest BCUT2D eigenvalue weighted by Gasteiger charge is -2.18. The maximum atomic E-state index is 12.6. The van der Waals surface area contributed by atoms with Gasteiger partial charge in [-0.1, -0.05) is 30.3 Å². The number of hydrogen-bond donors (Lipinski definition) is 1. The molecular weight excluding hydrogens is 304 g/mol. The van der Waals surface area contributed by atoms with Crippen LogP contribution >= 0.6 is 0 Å². The molecule has 0 saturated carbocycles. The van der Waals surface area contributed by atoms with Crippen molar-refractivity contribution in [3.63, 3.8) is 0 Å². The first-order valence-corrected chi connectivity index (χ1v) is 7.91. The van der Waals surface area contributed by atoms with Crippen LogP contribution in [0.1, 0.15) is 34.2 Å². The number of hydrogen-bond acceptors (Lipinski definition) is 3. The number of carbonyl (C=O) groups excluding carboxylic acids is 2. The molecule has 0 aliphatic carbocycles. The van der Waals surface area contributed by atoms with Gasteiger partial charge in [0.2, 0.25) is 5.91 Å². The first kappa shape index (κ1) is 17.7. The van der Waals surface area contributed by atoms with E-state index in [4.69, 9.17) is 0 Å². The quantitative estimate of drug-likeness (QED) is 0.909. The third kappa shape index (κ3) is 3.82. The number of likely N-dealkylation sites (N-methyl/N-ethyl adjacent to an activating group) is 1. The minimum Gasteiger partial charge on any atom is -0.347 e. The van der Waals surface area contributed by atoms with E-state index in [9.17, 15) is 9.59 Å². The topological polar surface area (TPSA) is 67.2 Å². The molecule has 6 nitrogen and oxygen atoms in total. The van der Waals surface area contributed by atoms with E-state index in [0.29, 0.717) is 17.8 Å². The Morgan fingerprint density at radius 2 is 1.83 bits per heavy atom. The van der Waals surface area contributed by atoms with Crippen LogP contribution in [0.2, 0.25) is 0 Å². The van der Waals surface area contributed by atoms with E-state index in [1.54, 1.807) is 21.0 Å². The van der Waals surface area contributed by atoms with Crippen LogP contribution < -0.4 is 5.32 Å². The monoisotopic (exact) mass is 328 g/mol. The summed E-state index contributed by atoms with van der Waals surface area (Å²) >= 11 is 0. The van der Waals surface area contributed by atoms with Crippen molar-refractivity contribution >= 4 is 11.8 Å². The SMILES string of the molecule is Cc1nn(Cc2ccccc2)c(C)c1C(=O)NC(C)C(=O)N(C)C. The normalized spacial score (nSPS) is 11.9. The molecule has 1 atom stereocenters. The van der Waals surface area contributed by atoms with Gasteiger partial charge in [0.25, 0.3) is 5.91 Å². The Morgan fingerprint density at radius 1 is 1.21 bits per heavy atom. The molecule has 0 fully saturated rings. The Balaban J connectivity index is 2.19. The molecule has 6 heteroatoms. The molecule has 0 bridgehead atoms. The average molecular weight is 328 g/mol. The Labute approximate surface area is 142 Å². The summed E-state index contributed by atoms with van der Waals surface area (Å²) in [5.41, 5.74) is 3.10. The van der Waals surface area contributed by atoms with E-state index in [1.165, 1.54) is 4.90 Å². The second-order valence-electron chi connectivity index (χ2n) is 6.12. The van der Waals surface area contributed by atoms with Gasteiger partial charge in [0.05, 0.1) is 17.8 Å². The Morgan fingerprint density at radius 3 is 2.42 bits per heavy atom. The minimum absolute atomic E-state index is 0.143. The summed E-state index contributed by atoms with van der Waals surface area (Å²) in [5, 5.41) is 7.23. The number of nitrogens with one attached hydrogen (secondary N) is 1. The van der Waals surface area contributed by atoms with Gasteiger partial charge in [-0.15, -0.1) is 0 Å². The third-order valence-electron chi connectivity index (χ3n) is 3.94. The highest BCUT2D eigenvalue weighted by Crippen LogP contribution is 2.15. The molecule has 2 amide bonds. The van der Waals surface area contributed by atoms with Crippen molar-refractivity contribution in [2.24, 2.45) is 0 Å². The summed E-state index contributed by atoms with van der Waals surface area (Å²) in [6.07, 6.45) is 0. The molecule has 1 heterocycles. The summed E-state index contributed by atoms with van der Waals surface area (Å²) in [6.45, 7) is 5.96. The van der Waals surface area contributed by atoms with Crippen LogP contribution in [0, 0.1) is 13.8 Å². The van der Waals surface area contributed by atoms with Crippen LogP contribution in [0.25, 0.3) is 0 Å². The van der Waals surface area contributed by atoms with Crippen LogP contribution in [-0.2, 0) is 11.3 Å². The number of nitrogens with zero attached hydrogens (tertiary/aromatic N) is 3. The van der Waals surface area contributed by atoms with Gasteiger partial charge in [-0.2, -0.15) is 5.10 Å². The van der Waals surface area contributed by atoms with Gasteiger partial charge >= 0.3 is 0 Å². The first-order valence-electron chi connectivity index (χ1n) is 7.91. The second kappa shape index (κ2) is 7.29. The molecule has 1 aromatic carbocycles. The summed E-state index contributed by atoms with van der Waals surface area (Å²) < 4.78 is 1.82. The number of aryl methyl sites for hydroxylation is 1. The molecule has 0 aliphatic heterocycles. The highest BCUT2D eigenvalue weighted by atomic mass is 16.2. The molecule has 0 aliphatic rings. The fourth-order valence-corrected chi connectivity index (χ4v) is 2.65. The maximum absolute atomic E-state index is 12.6.